The number of hydrogen-bond donors (Lipinski definition) is 1. The maximum atomic E-state index is 13.2. The lowest BCUT2D eigenvalue weighted by molar-refractivity contribution is -0.157. The van der Waals surface area contributed by atoms with Crippen molar-refractivity contribution < 1.29 is 41.6 Å². The van der Waals surface area contributed by atoms with Crippen LogP contribution in [-0.4, -0.2) is 79.0 Å². The lowest BCUT2D eigenvalue weighted by Gasteiger charge is -2.30. The minimum Gasteiger partial charge on any atom is -0.464 e. The number of fused-ring (bicyclic) bond motifs is 1. The second kappa shape index (κ2) is 9.41. The Balaban J connectivity index is 1.57. The second-order valence-electron chi connectivity index (χ2n) is 8.73. The molecule has 0 spiro atoms. The van der Waals surface area contributed by atoms with Gasteiger partial charge in [0.1, 0.15) is 36.4 Å². The Labute approximate surface area is 201 Å². The van der Waals surface area contributed by atoms with Gasteiger partial charge in [0.25, 0.3) is 10.1 Å². The van der Waals surface area contributed by atoms with Crippen molar-refractivity contribution in [1.82, 2.24) is 0 Å². The predicted octanol–water partition coefficient (Wildman–Crippen LogP) is -0.544. The zero-order valence-electron chi connectivity index (χ0n) is 18.2. The molecular formula is C21H21B3O9S. The highest BCUT2D eigenvalue weighted by Gasteiger charge is 2.70. The molecule has 2 bridgehead atoms. The minimum absolute atomic E-state index is 0.0365. The summed E-state index contributed by atoms with van der Waals surface area (Å²) in [6.45, 7) is -0.548. The van der Waals surface area contributed by atoms with Crippen LogP contribution in [0.1, 0.15) is 33.5 Å². The smallest absolute Gasteiger partial charge is 0.338 e. The molecule has 1 saturated heterocycles. The number of esters is 3. The van der Waals surface area contributed by atoms with E-state index in [0.29, 0.717) is 23.1 Å². The Kier molecular flexibility index (Phi) is 6.88. The van der Waals surface area contributed by atoms with E-state index in [0.717, 1.165) is 0 Å². The summed E-state index contributed by atoms with van der Waals surface area (Å²) in [7, 11) is 13.1. The molecule has 1 aliphatic heterocycles. The lowest BCUT2D eigenvalue weighted by Crippen LogP contribution is -2.43. The van der Waals surface area contributed by atoms with Gasteiger partial charge in [0, 0.05) is 11.8 Å². The molecule has 6 radical (unpaired) electrons. The topological polar surface area (TPSA) is 133 Å². The Bertz CT molecular complexity index is 1120. The van der Waals surface area contributed by atoms with E-state index in [9.17, 15) is 22.8 Å². The van der Waals surface area contributed by atoms with Crippen LogP contribution in [0.15, 0.2) is 12.1 Å². The highest BCUT2D eigenvalue weighted by Crippen LogP contribution is 2.58. The predicted molar refractivity (Wildman–Crippen MR) is 120 cm³/mol. The van der Waals surface area contributed by atoms with E-state index in [1.54, 1.807) is 12.1 Å². The van der Waals surface area contributed by atoms with Crippen molar-refractivity contribution in [3.63, 3.8) is 0 Å². The van der Waals surface area contributed by atoms with Crippen molar-refractivity contribution in [3.05, 3.63) is 34.4 Å². The fraction of sp³-hybridized carbons (Fsp3) is 0.571. The molecule has 1 aromatic rings. The summed E-state index contributed by atoms with van der Waals surface area (Å²) in [6.07, 6.45) is -0.883. The zero-order valence-corrected chi connectivity index (χ0v) is 19.0. The molecule has 174 valence electrons. The average molecular weight is 482 g/mol. The maximum Gasteiger partial charge on any atom is 0.338 e. The van der Waals surface area contributed by atoms with Crippen molar-refractivity contribution in [3.8, 4) is 0 Å². The molecule has 34 heavy (non-hydrogen) atoms. The molecule has 1 heterocycles. The Hall–Kier alpha value is -2.27. The molecule has 4 rings (SSSR count). The van der Waals surface area contributed by atoms with E-state index in [1.807, 2.05) is 0 Å². The number of rotatable bonds is 9. The molecule has 0 aromatic heterocycles. The Morgan fingerprint density at radius 2 is 1.85 bits per heavy atom. The van der Waals surface area contributed by atoms with Gasteiger partial charge in [-0.2, -0.15) is 8.42 Å². The number of carbonyl (C=O) groups is 3. The first-order valence-corrected chi connectivity index (χ1v) is 12.5. The van der Waals surface area contributed by atoms with Gasteiger partial charge in [0.05, 0.1) is 29.1 Å². The number of carbonyl (C=O) groups excluding carboxylic acids is 3. The standard InChI is InChI=1S/C21H21B3O9S/c22-6-9-3-10(7-23)14(8-24)11(4-9)19(25)32-18-12-5-13-16(18)21(27)33-17(13)15(12)20(26)31-1-2-34(28,29)30/h3-4,12-13,15-18H,1-2,5-8H2,(H,28,29,30). The first-order valence-electron chi connectivity index (χ1n) is 10.9. The third kappa shape index (κ3) is 4.40. The van der Waals surface area contributed by atoms with Crippen LogP contribution in [0.3, 0.4) is 0 Å². The normalized spacial score (nSPS) is 29.1. The van der Waals surface area contributed by atoms with Crippen molar-refractivity contribution in [2.24, 2.45) is 23.7 Å². The quantitative estimate of drug-likeness (QED) is 0.213. The third-order valence-electron chi connectivity index (χ3n) is 6.93. The molecule has 13 heteroatoms. The number of hydrogen-bond acceptors (Lipinski definition) is 8. The van der Waals surface area contributed by atoms with Crippen LogP contribution in [0.4, 0.5) is 0 Å². The van der Waals surface area contributed by atoms with E-state index in [4.69, 9.17) is 42.3 Å². The number of benzene rings is 1. The third-order valence-corrected chi connectivity index (χ3v) is 7.61. The number of ether oxygens (including phenoxy) is 3. The Morgan fingerprint density at radius 3 is 2.47 bits per heavy atom. The monoisotopic (exact) mass is 482 g/mol. The lowest BCUT2D eigenvalue weighted by atomic mass is 9.79. The van der Waals surface area contributed by atoms with E-state index in [1.165, 1.54) is 0 Å². The van der Waals surface area contributed by atoms with Gasteiger partial charge in [-0.25, -0.2) is 4.79 Å². The molecule has 6 atom stereocenters. The van der Waals surface area contributed by atoms with Crippen molar-refractivity contribution >= 4 is 51.6 Å². The van der Waals surface area contributed by atoms with E-state index in [2.05, 4.69) is 0 Å². The van der Waals surface area contributed by atoms with E-state index < -0.39 is 70.3 Å². The van der Waals surface area contributed by atoms with Crippen LogP contribution >= 0.6 is 0 Å². The summed E-state index contributed by atoms with van der Waals surface area (Å²) >= 11 is 0. The molecule has 9 nitrogen and oxygen atoms in total. The summed E-state index contributed by atoms with van der Waals surface area (Å²) in [6, 6.07) is 3.35. The van der Waals surface area contributed by atoms with E-state index in [-0.39, 0.29) is 30.4 Å². The fourth-order valence-corrected chi connectivity index (χ4v) is 5.80. The minimum atomic E-state index is -4.31. The molecule has 2 saturated carbocycles. The molecule has 6 unspecified atom stereocenters. The van der Waals surface area contributed by atoms with Gasteiger partial charge in [-0.05, 0) is 18.1 Å². The van der Waals surface area contributed by atoms with Gasteiger partial charge in [0.2, 0.25) is 0 Å². The van der Waals surface area contributed by atoms with Crippen molar-refractivity contribution in [2.45, 2.75) is 37.6 Å². The van der Waals surface area contributed by atoms with E-state index >= 15 is 0 Å². The maximum absolute atomic E-state index is 13.2. The molecule has 1 aromatic carbocycles. The summed E-state index contributed by atoms with van der Waals surface area (Å²) < 4.78 is 46.8. The highest BCUT2D eigenvalue weighted by atomic mass is 32.2. The SMILES string of the molecule is [B]Cc1cc(C[B])c(C[B])c(C(=O)OC2C3CC4C(OC(=O)C42)C3C(=O)OCCS(=O)(=O)O)c1. The summed E-state index contributed by atoms with van der Waals surface area (Å²) in [4.78, 5) is 38.4. The van der Waals surface area contributed by atoms with Gasteiger partial charge in [0.15, 0.2) is 0 Å². The zero-order chi connectivity index (χ0) is 24.8. The van der Waals surface area contributed by atoms with Gasteiger partial charge >= 0.3 is 17.9 Å². The van der Waals surface area contributed by atoms with Crippen LogP contribution in [0.5, 0.6) is 0 Å². The van der Waals surface area contributed by atoms with Crippen molar-refractivity contribution in [1.29, 1.82) is 0 Å². The molecule has 3 aliphatic rings. The van der Waals surface area contributed by atoms with Gasteiger partial charge in [-0.15, -0.1) is 0 Å². The van der Waals surface area contributed by atoms with Gasteiger partial charge in [-0.1, -0.05) is 36.2 Å². The summed E-state index contributed by atoms with van der Waals surface area (Å²) in [5, 5.41) is 0. The fourth-order valence-electron chi connectivity index (χ4n) is 5.51. The molecule has 0 amide bonds. The summed E-state index contributed by atoms with van der Waals surface area (Å²) in [5.41, 5.74) is 2.04. The molecular weight excluding hydrogens is 461 g/mol. The first kappa shape index (κ1) is 24.8. The highest BCUT2D eigenvalue weighted by molar-refractivity contribution is 7.85. The Morgan fingerprint density at radius 1 is 1.12 bits per heavy atom. The van der Waals surface area contributed by atoms with Gasteiger partial charge < -0.3 is 14.2 Å². The molecule has 2 aliphatic carbocycles. The van der Waals surface area contributed by atoms with Crippen molar-refractivity contribution in [2.75, 3.05) is 12.4 Å². The second-order valence-corrected chi connectivity index (χ2v) is 10.3. The van der Waals surface area contributed by atoms with Crippen LogP contribution in [0, 0.1) is 23.7 Å². The average Bonchev–Trinajstić information content (AvgIpc) is 3.39. The molecule has 3 fully saturated rings. The van der Waals surface area contributed by atoms with Crippen LogP contribution in [0.25, 0.3) is 0 Å². The summed E-state index contributed by atoms with van der Waals surface area (Å²) in [5.74, 6) is -5.26. The van der Waals surface area contributed by atoms with Crippen LogP contribution in [0.2, 0.25) is 0 Å². The first-order chi connectivity index (χ1) is 16.1. The van der Waals surface area contributed by atoms with Gasteiger partial charge in [-0.3, -0.25) is 14.1 Å². The van der Waals surface area contributed by atoms with Crippen LogP contribution < -0.4 is 0 Å². The molecule has 1 N–H and O–H groups in total. The van der Waals surface area contributed by atoms with Crippen LogP contribution in [-0.2, 0) is 52.9 Å². The largest absolute Gasteiger partial charge is 0.464 e.